The molecule has 0 N–H and O–H groups in total. The molecule has 2 aromatic rings. The first-order valence-corrected chi connectivity index (χ1v) is 11.7. The standard InChI is InChI=1S/C26H35F3N2O2/c1-30(2)16-14-25(33-24-12-10-23(11-13-24)26(27,28)29)22-8-6-21(7-9-22)5-3-4-15-31-17-19-32-20-18-31/h6-13,25H,3-5,14-20H2,1-2H3. The third-order valence-corrected chi connectivity index (χ3v) is 5.94. The number of rotatable bonds is 11. The van der Waals surface area contributed by atoms with E-state index in [1.165, 1.54) is 24.1 Å². The number of alkyl halides is 3. The van der Waals surface area contributed by atoms with E-state index in [9.17, 15) is 13.2 Å². The van der Waals surface area contributed by atoms with Crippen molar-refractivity contribution >= 4 is 0 Å². The van der Waals surface area contributed by atoms with Crippen molar-refractivity contribution in [3.05, 3.63) is 65.2 Å². The molecule has 1 atom stereocenters. The van der Waals surface area contributed by atoms with E-state index in [0.29, 0.717) is 5.75 Å². The summed E-state index contributed by atoms with van der Waals surface area (Å²) in [6, 6.07) is 13.4. The summed E-state index contributed by atoms with van der Waals surface area (Å²) in [7, 11) is 3.99. The van der Waals surface area contributed by atoms with Crippen LogP contribution in [-0.4, -0.2) is 63.3 Å². The molecule has 1 unspecified atom stereocenters. The molecule has 0 aliphatic carbocycles. The molecule has 182 valence electrons. The predicted molar refractivity (Wildman–Crippen MR) is 125 cm³/mol. The fourth-order valence-corrected chi connectivity index (χ4v) is 3.94. The molecule has 0 radical (unpaired) electrons. The summed E-state index contributed by atoms with van der Waals surface area (Å²) in [5.41, 5.74) is 1.66. The van der Waals surface area contributed by atoms with E-state index in [-0.39, 0.29) is 6.10 Å². The van der Waals surface area contributed by atoms with Crippen LogP contribution in [0, 0.1) is 0 Å². The Bertz CT molecular complexity index is 817. The molecule has 1 heterocycles. The van der Waals surface area contributed by atoms with Crippen LogP contribution in [0.25, 0.3) is 0 Å². The van der Waals surface area contributed by atoms with Gasteiger partial charge in [0.1, 0.15) is 11.9 Å². The average Bonchev–Trinajstić information content (AvgIpc) is 2.80. The average molecular weight is 465 g/mol. The number of hydrogen-bond donors (Lipinski definition) is 0. The summed E-state index contributed by atoms with van der Waals surface area (Å²) in [4.78, 5) is 4.53. The SMILES string of the molecule is CN(C)CCC(Oc1ccc(C(F)(F)F)cc1)c1ccc(CCCCN2CCOCC2)cc1. The van der Waals surface area contributed by atoms with E-state index in [1.807, 2.05) is 14.1 Å². The highest BCUT2D eigenvalue weighted by molar-refractivity contribution is 5.31. The van der Waals surface area contributed by atoms with Gasteiger partial charge in [-0.1, -0.05) is 24.3 Å². The summed E-state index contributed by atoms with van der Waals surface area (Å²) in [6.07, 6.45) is -0.479. The molecule has 7 heteroatoms. The minimum absolute atomic E-state index is 0.223. The highest BCUT2D eigenvalue weighted by Gasteiger charge is 2.30. The van der Waals surface area contributed by atoms with Crippen LogP contribution in [0.3, 0.4) is 0 Å². The van der Waals surface area contributed by atoms with Gasteiger partial charge >= 0.3 is 6.18 Å². The Balaban J connectivity index is 1.56. The molecule has 1 fully saturated rings. The van der Waals surface area contributed by atoms with Crippen molar-refractivity contribution in [2.24, 2.45) is 0 Å². The van der Waals surface area contributed by atoms with Crippen LogP contribution in [0.2, 0.25) is 0 Å². The third kappa shape index (κ3) is 8.65. The normalized spacial score (nSPS) is 16.2. The summed E-state index contributed by atoms with van der Waals surface area (Å²) in [5, 5.41) is 0. The first kappa shape index (κ1) is 25.5. The van der Waals surface area contributed by atoms with Crippen molar-refractivity contribution in [1.82, 2.24) is 9.80 Å². The maximum absolute atomic E-state index is 12.8. The Morgan fingerprint density at radius 1 is 0.970 bits per heavy atom. The first-order valence-electron chi connectivity index (χ1n) is 11.7. The Morgan fingerprint density at radius 3 is 2.24 bits per heavy atom. The van der Waals surface area contributed by atoms with Crippen LogP contribution in [0.15, 0.2) is 48.5 Å². The Morgan fingerprint density at radius 2 is 1.64 bits per heavy atom. The number of aryl methyl sites for hydroxylation is 1. The van der Waals surface area contributed by atoms with Crippen LogP contribution in [-0.2, 0) is 17.3 Å². The quantitative estimate of drug-likeness (QED) is 0.414. The minimum atomic E-state index is -4.35. The van der Waals surface area contributed by atoms with E-state index >= 15 is 0 Å². The van der Waals surface area contributed by atoms with E-state index in [1.54, 1.807) is 0 Å². The second kappa shape index (κ2) is 12.4. The van der Waals surface area contributed by atoms with E-state index in [4.69, 9.17) is 9.47 Å². The van der Waals surface area contributed by atoms with Gasteiger partial charge in [-0.3, -0.25) is 4.90 Å². The summed E-state index contributed by atoms with van der Waals surface area (Å²) >= 11 is 0. The van der Waals surface area contributed by atoms with Crippen molar-refractivity contribution in [3.63, 3.8) is 0 Å². The monoisotopic (exact) mass is 464 g/mol. The number of hydrogen-bond acceptors (Lipinski definition) is 4. The van der Waals surface area contributed by atoms with Crippen LogP contribution in [0.5, 0.6) is 5.75 Å². The van der Waals surface area contributed by atoms with Crippen molar-refractivity contribution in [2.45, 2.75) is 38.0 Å². The van der Waals surface area contributed by atoms with Gasteiger partial charge in [-0.25, -0.2) is 0 Å². The van der Waals surface area contributed by atoms with Crippen LogP contribution >= 0.6 is 0 Å². The number of nitrogens with zero attached hydrogens (tertiary/aromatic N) is 2. The summed E-state index contributed by atoms with van der Waals surface area (Å²) in [6.45, 7) is 5.67. The van der Waals surface area contributed by atoms with Crippen molar-refractivity contribution in [3.8, 4) is 5.75 Å². The maximum atomic E-state index is 12.8. The molecule has 3 rings (SSSR count). The van der Waals surface area contributed by atoms with Gasteiger partial charge in [0.15, 0.2) is 0 Å². The van der Waals surface area contributed by atoms with Gasteiger partial charge in [-0.15, -0.1) is 0 Å². The van der Waals surface area contributed by atoms with E-state index in [2.05, 4.69) is 34.1 Å². The van der Waals surface area contributed by atoms with Crippen molar-refractivity contribution in [1.29, 1.82) is 0 Å². The summed E-state index contributed by atoms with van der Waals surface area (Å²) < 4.78 is 50.0. The number of halogens is 3. The van der Waals surface area contributed by atoms with E-state index in [0.717, 1.165) is 76.4 Å². The highest BCUT2D eigenvalue weighted by atomic mass is 19.4. The molecular weight excluding hydrogens is 429 g/mol. The molecule has 1 saturated heterocycles. The van der Waals surface area contributed by atoms with Gasteiger partial charge in [-0.05, 0) is 75.3 Å². The number of unbranched alkanes of at least 4 members (excludes halogenated alkanes) is 1. The van der Waals surface area contributed by atoms with Crippen molar-refractivity contribution < 1.29 is 22.6 Å². The molecule has 0 spiro atoms. The second-order valence-corrected chi connectivity index (χ2v) is 8.87. The summed E-state index contributed by atoms with van der Waals surface area (Å²) in [5.74, 6) is 0.443. The van der Waals surface area contributed by atoms with E-state index < -0.39 is 11.7 Å². The highest BCUT2D eigenvalue weighted by Crippen LogP contribution is 2.32. The fraction of sp³-hybridized carbons (Fsp3) is 0.538. The fourth-order valence-electron chi connectivity index (χ4n) is 3.94. The second-order valence-electron chi connectivity index (χ2n) is 8.87. The smallest absolute Gasteiger partial charge is 0.416 e. The molecule has 0 saturated carbocycles. The number of ether oxygens (including phenoxy) is 2. The predicted octanol–water partition coefficient (Wildman–Crippen LogP) is 5.43. The lowest BCUT2D eigenvalue weighted by molar-refractivity contribution is -0.137. The Labute approximate surface area is 195 Å². The van der Waals surface area contributed by atoms with Crippen LogP contribution < -0.4 is 4.74 Å². The minimum Gasteiger partial charge on any atom is -0.486 e. The maximum Gasteiger partial charge on any atom is 0.416 e. The lowest BCUT2D eigenvalue weighted by Crippen LogP contribution is -2.36. The number of morpholine rings is 1. The zero-order valence-electron chi connectivity index (χ0n) is 19.6. The molecule has 0 aromatic heterocycles. The topological polar surface area (TPSA) is 24.9 Å². The van der Waals surface area contributed by atoms with Gasteiger partial charge in [0, 0.05) is 26.1 Å². The molecule has 33 heavy (non-hydrogen) atoms. The lowest BCUT2D eigenvalue weighted by Gasteiger charge is -2.26. The van der Waals surface area contributed by atoms with Crippen molar-refractivity contribution in [2.75, 3.05) is 53.5 Å². The third-order valence-electron chi connectivity index (χ3n) is 5.94. The molecule has 1 aliphatic rings. The van der Waals surface area contributed by atoms with Gasteiger partial charge in [0.25, 0.3) is 0 Å². The van der Waals surface area contributed by atoms with Gasteiger partial charge in [0.2, 0.25) is 0 Å². The molecule has 1 aliphatic heterocycles. The molecule has 0 amide bonds. The zero-order valence-corrected chi connectivity index (χ0v) is 19.6. The molecule has 0 bridgehead atoms. The van der Waals surface area contributed by atoms with Gasteiger partial charge in [-0.2, -0.15) is 13.2 Å². The molecular formula is C26H35F3N2O2. The molecule has 2 aromatic carbocycles. The Hall–Kier alpha value is -2.09. The largest absolute Gasteiger partial charge is 0.486 e. The first-order chi connectivity index (χ1) is 15.8. The van der Waals surface area contributed by atoms with Gasteiger partial charge < -0.3 is 14.4 Å². The molecule has 4 nitrogen and oxygen atoms in total. The Kier molecular flexibility index (Phi) is 9.59. The zero-order chi connectivity index (χ0) is 23.7. The van der Waals surface area contributed by atoms with Crippen LogP contribution in [0.4, 0.5) is 13.2 Å². The number of benzene rings is 2. The lowest BCUT2D eigenvalue weighted by atomic mass is 10.0. The van der Waals surface area contributed by atoms with Crippen LogP contribution in [0.1, 0.15) is 42.1 Å². The van der Waals surface area contributed by atoms with Gasteiger partial charge in [0.05, 0.1) is 18.8 Å².